The number of hydrogen-bond donors (Lipinski definition) is 2. The van der Waals surface area contributed by atoms with Gasteiger partial charge < -0.3 is 10.6 Å². The number of nitro benzene ring substituents is 1. The molecule has 0 radical (unpaired) electrons. The van der Waals surface area contributed by atoms with Crippen LogP contribution in [0.3, 0.4) is 0 Å². The van der Waals surface area contributed by atoms with Gasteiger partial charge in [-0.1, -0.05) is 0 Å². The van der Waals surface area contributed by atoms with Crippen molar-refractivity contribution in [1.82, 2.24) is 9.62 Å². The van der Waals surface area contributed by atoms with Crippen LogP contribution in [0.2, 0.25) is 0 Å². The first-order chi connectivity index (χ1) is 10.4. The zero-order valence-corrected chi connectivity index (χ0v) is 13.0. The minimum absolute atomic E-state index is 0.0266. The first-order valence-corrected chi connectivity index (χ1v) is 8.59. The zero-order chi connectivity index (χ0) is 16.2. The Balaban J connectivity index is 1.87. The third-order valence-electron chi connectivity index (χ3n) is 3.71. The lowest BCUT2D eigenvalue weighted by Crippen LogP contribution is -2.43. The molecular formula is C13H20N4O4S. The Hall–Kier alpha value is -1.55. The number of hydrogen-bond acceptors (Lipinski definition) is 6. The highest BCUT2D eigenvalue weighted by molar-refractivity contribution is 7.89. The number of likely N-dealkylation sites (tertiary alicyclic amines) is 1. The van der Waals surface area contributed by atoms with Crippen molar-refractivity contribution in [2.24, 2.45) is 5.73 Å². The largest absolute Gasteiger partial charge is 0.328 e. The number of benzene rings is 1. The number of nitrogens with two attached hydrogens (primary N) is 1. The van der Waals surface area contributed by atoms with E-state index in [0.29, 0.717) is 13.1 Å². The lowest BCUT2D eigenvalue weighted by molar-refractivity contribution is -0.384. The molecule has 1 fully saturated rings. The van der Waals surface area contributed by atoms with Crippen molar-refractivity contribution in [2.75, 3.05) is 26.2 Å². The SMILES string of the molecule is NC1CCN(CCNS(=O)(=O)c2ccc([N+](=O)[O-])cc2)CC1. The fourth-order valence-electron chi connectivity index (χ4n) is 2.35. The van der Waals surface area contributed by atoms with Gasteiger partial charge in [-0.05, 0) is 38.1 Å². The van der Waals surface area contributed by atoms with Gasteiger partial charge in [-0.15, -0.1) is 0 Å². The van der Waals surface area contributed by atoms with Crippen molar-refractivity contribution in [2.45, 2.75) is 23.8 Å². The number of piperidine rings is 1. The monoisotopic (exact) mass is 328 g/mol. The maximum Gasteiger partial charge on any atom is 0.269 e. The molecular weight excluding hydrogens is 308 g/mol. The van der Waals surface area contributed by atoms with Gasteiger partial charge in [0.05, 0.1) is 9.82 Å². The number of nitrogens with zero attached hydrogens (tertiary/aromatic N) is 2. The van der Waals surface area contributed by atoms with Crippen LogP contribution in [0.5, 0.6) is 0 Å². The highest BCUT2D eigenvalue weighted by Gasteiger charge is 2.18. The van der Waals surface area contributed by atoms with Crippen LogP contribution in [0, 0.1) is 10.1 Å². The topological polar surface area (TPSA) is 119 Å². The van der Waals surface area contributed by atoms with Gasteiger partial charge in [0.15, 0.2) is 0 Å². The molecule has 1 aromatic rings. The fourth-order valence-corrected chi connectivity index (χ4v) is 3.37. The summed E-state index contributed by atoms with van der Waals surface area (Å²) in [5.74, 6) is 0. The van der Waals surface area contributed by atoms with E-state index < -0.39 is 14.9 Å². The molecule has 1 saturated heterocycles. The molecule has 1 aliphatic heterocycles. The van der Waals surface area contributed by atoms with E-state index in [1.807, 2.05) is 0 Å². The van der Waals surface area contributed by atoms with Crippen molar-refractivity contribution in [3.8, 4) is 0 Å². The van der Waals surface area contributed by atoms with Crippen LogP contribution in [0.1, 0.15) is 12.8 Å². The zero-order valence-electron chi connectivity index (χ0n) is 12.1. The summed E-state index contributed by atoms with van der Waals surface area (Å²) in [7, 11) is -3.64. The maximum atomic E-state index is 12.1. The predicted molar refractivity (Wildman–Crippen MR) is 81.9 cm³/mol. The summed E-state index contributed by atoms with van der Waals surface area (Å²) in [6, 6.07) is 5.08. The van der Waals surface area contributed by atoms with Crippen LogP contribution in [0.4, 0.5) is 5.69 Å². The number of nitrogens with one attached hydrogen (secondary N) is 1. The van der Waals surface area contributed by atoms with Crippen LogP contribution in [-0.2, 0) is 10.0 Å². The molecule has 2 rings (SSSR count). The average Bonchev–Trinajstić information content (AvgIpc) is 2.49. The third kappa shape index (κ3) is 4.47. The highest BCUT2D eigenvalue weighted by Crippen LogP contribution is 2.15. The van der Waals surface area contributed by atoms with Crippen LogP contribution in [0.15, 0.2) is 29.2 Å². The molecule has 0 atom stereocenters. The van der Waals surface area contributed by atoms with Crippen LogP contribution < -0.4 is 10.5 Å². The Morgan fingerprint density at radius 2 is 1.86 bits per heavy atom. The van der Waals surface area contributed by atoms with E-state index in [-0.39, 0.29) is 16.6 Å². The molecule has 1 aliphatic rings. The van der Waals surface area contributed by atoms with E-state index in [1.165, 1.54) is 24.3 Å². The Morgan fingerprint density at radius 1 is 1.27 bits per heavy atom. The van der Waals surface area contributed by atoms with Crippen molar-refractivity contribution in [3.05, 3.63) is 34.4 Å². The molecule has 1 aromatic carbocycles. The van der Waals surface area contributed by atoms with E-state index in [0.717, 1.165) is 25.9 Å². The summed E-state index contributed by atoms with van der Waals surface area (Å²) in [5.41, 5.74) is 5.68. The van der Waals surface area contributed by atoms with Crippen LogP contribution in [-0.4, -0.2) is 50.5 Å². The second kappa shape index (κ2) is 7.14. The molecule has 8 nitrogen and oxygen atoms in total. The third-order valence-corrected chi connectivity index (χ3v) is 5.19. The van der Waals surface area contributed by atoms with Gasteiger partial charge in [0.1, 0.15) is 0 Å². The number of rotatable bonds is 6. The molecule has 0 spiro atoms. The van der Waals surface area contributed by atoms with Gasteiger partial charge in [-0.2, -0.15) is 0 Å². The molecule has 0 unspecified atom stereocenters. The summed E-state index contributed by atoms with van der Waals surface area (Å²) in [6.07, 6.45) is 1.85. The second-order valence-corrected chi connectivity index (χ2v) is 7.09. The highest BCUT2D eigenvalue weighted by atomic mass is 32.2. The molecule has 122 valence electrons. The number of non-ortho nitro benzene ring substituents is 1. The van der Waals surface area contributed by atoms with Gasteiger partial charge in [0.2, 0.25) is 10.0 Å². The van der Waals surface area contributed by atoms with Crippen molar-refractivity contribution < 1.29 is 13.3 Å². The van der Waals surface area contributed by atoms with E-state index in [4.69, 9.17) is 5.73 Å². The van der Waals surface area contributed by atoms with E-state index >= 15 is 0 Å². The molecule has 0 amide bonds. The Morgan fingerprint density at radius 3 is 2.41 bits per heavy atom. The summed E-state index contributed by atoms with van der Waals surface area (Å²) in [5, 5.41) is 10.6. The molecule has 3 N–H and O–H groups in total. The molecule has 0 saturated carbocycles. The molecule has 1 heterocycles. The second-order valence-electron chi connectivity index (χ2n) is 5.33. The first kappa shape index (κ1) is 16.8. The summed E-state index contributed by atoms with van der Waals surface area (Å²) >= 11 is 0. The lowest BCUT2D eigenvalue weighted by atomic mass is 10.1. The minimum Gasteiger partial charge on any atom is -0.328 e. The Kier molecular flexibility index (Phi) is 5.46. The van der Waals surface area contributed by atoms with Crippen LogP contribution in [0.25, 0.3) is 0 Å². The lowest BCUT2D eigenvalue weighted by Gasteiger charge is -2.29. The molecule has 0 aliphatic carbocycles. The molecule has 0 aromatic heterocycles. The van der Waals surface area contributed by atoms with Gasteiger partial charge >= 0.3 is 0 Å². The summed E-state index contributed by atoms with van der Waals surface area (Å²) in [6.45, 7) is 2.67. The first-order valence-electron chi connectivity index (χ1n) is 7.10. The smallest absolute Gasteiger partial charge is 0.269 e. The molecule has 22 heavy (non-hydrogen) atoms. The minimum atomic E-state index is -3.64. The predicted octanol–water partition coefficient (Wildman–Crippen LogP) is 0.296. The Labute approximate surface area is 129 Å². The molecule has 9 heteroatoms. The standard InChI is InChI=1S/C13H20N4O4S/c14-11-5-8-16(9-6-11)10-7-15-22(20,21)13-3-1-12(2-4-13)17(18)19/h1-4,11,15H,5-10,14H2. The number of nitro groups is 1. The summed E-state index contributed by atoms with van der Waals surface area (Å²) in [4.78, 5) is 12.2. The average molecular weight is 328 g/mol. The Bertz CT molecular complexity index is 609. The molecule has 0 bridgehead atoms. The van der Waals surface area contributed by atoms with Gasteiger partial charge in [0.25, 0.3) is 5.69 Å². The van der Waals surface area contributed by atoms with Crippen molar-refractivity contribution in [1.29, 1.82) is 0 Å². The van der Waals surface area contributed by atoms with Crippen molar-refractivity contribution in [3.63, 3.8) is 0 Å². The van der Waals surface area contributed by atoms with Crippen molar-refractivity contribution >= 4 is 15.7 Å². The van der Waals surface area contributed by atoms with E-state index in [9.17, 15) is 18.5 Å². The fraction of sp³-hybridized carbons (Fsp3) is 0.538. The quantitative estimate of drug-likeness (QED) is 0.572. The van der Waals surface area contributed by atoms with Crippen LogP contribution >= 0.6 is 0 Å². The van der Waals surface area contributed by atoms with E-state index in [1.54, 1.807) is 0 Å². The van der Waals surface area contributed by atoms with Gasteiger partial charge in [-0.3, -0.25) is 10.1 Å². The summed E-state index contributed by atoms with van der Waals surface area (Å²) < 4.78 is 26.7. The van der Waals surface area contributed by atoms with E-state index in [2.05, 4.69) is 9.62 Å². The van der Waals surface area contributed by atoms with Gasteiger partial charge in [0, 0.05) is 31.3 Å². The maximum absolute atomic E-state index is 12.1. The number of sulfonamides is 1. The normalized spacial score (nSPS) is 17.5. The van der Waals surface area contributed by atoms with Gasteiger partial charge in [-0.25, -0.2) is 13.1 Å².